The van der Waals surface area contributed by atoms with Gasteiger partial charge in [0.05, 0.1) is 25.9 Å². The van der Waals surface area contributed by atoms with E-state index in [0.29, 0.717) is 11.7 Å². The summed E-state index contributed by atoms with van der Waals surface area (Å²) in [5.41, 5.74) is 5.77. The molecule has 0 bridgehead atoms. The third-order valence-electron chi connectivity index (χ3n) is 6.29. The average molecular weight is 418 g/mol. The standard InChI is InChI=1S/C27H31NO3/c1-17(2)19-10-12-20(13-11-19)27-22-16-26(31-5)25(30-4)15-21(22)14-18(3)28(27)23-8-6-7-9-24(23)29/h6-13,15-18,27,29H,14H2,1-5H3. The van der Waals surface area contributed by atoms with Crippen LogP contribution in [0.2, 0.25) is 0 Å². The van der Waals surface area contributed by atoms with Gasteiger partial charge in [-0.05, 0) is 65.8 Å². The zero-order valence-corrected chi connectivity index (χ0v) is 18.9. The average Bonchev–Trinajstić information content (AvgIpc) is 2.78. The van der Waals surface area contributed by atoms with Crippen molar-refractivity contribution in [3.63, 3.8) is 0 Å². The molecule has 4 nitrogen and oxygen atoms in total. The third kappa shape index (κ3) is 3.83. The molecule has 0 aromatic heterocycles. The quantitative estimate of drug-likeness (QED) is 0.547. The third-order valence-corrected chi connectivity index (χ3v) is 6.29. The van der Waals surface area contributed by atoms with E-state index in [1.54, 1.807) is 20.3 Å². The Morgan fingerprint density at radius 3 is 2.19 bits per heavy atom. The number of anilines is 1. The number of phenols is 1. The van der Waals surface area contributed by atoms with Gasteiger partial charge in [0.1, 0.15) is 5.75 Å². The van der Waals surface area contributed by atoms with Crippen LogP contribution >= 0.6 is 0 Å². The second-order valence-electron chi connectivity index (χ2n) is 8.58. The van der Waals surface area contributed by atoms with Crippen molar-refractivity contribution >= 4 is 5.69 Å². The first-order chi connectivity index (χ1) is 14.9. The van der Waals surface area contributed by atoms with Crippen LogP contribution in [0.4, 0.5) is 5.69 Å². The van der Waals surface area contributed by atoms with Crippen LogP contribution in [0, 0.1) is 0 Å². The monoisotopic (exact) mass is 417 g/mol. The number of hydrogen-bond donors (Lipinski definition) is 1. The number of aromatic hydroxyl groups is 1. The van der Waals surface area contributed by atoms with Crippen LogP contribution in [0.1, 0.15) is 55.0 Å². The summed E-state index contributed by atoms with van der Waals surface area (Å²) in [5, 5.41) is 10.7. The number of benzene rings is 3. The molecule has 0 amide bonds. The van der Waals surface area contributed by atoms with Crippen LogP contribution in [-0.2, 0) is 6.42 Å². The molecule has 0 spiro atoms. The molecule has 1 aliphatic heterocycles. The zero-order chi connectivity index (χ0) is 22.1. The lowest BCUT2D eigenvalue weighted by Crippen LogP contribution is -2.43. The minimum atomic E-state index is -0.0481. The lowest BCUT2D eigenvalue weighted by Gasteiger charge is -2.44. The molecular weight excluding hydrogens is 386 g/mol. The van der Waals surface area contributed by atoms with Gasteiger partial charge in [-0.25, -0.2) is 0 Å². The van der Waals surface area contributed by atoms with E-state index in [2.05, 4.69) is 62.1 Å². The number of para-hydroxylation sites is 2. The molecular formula is C27H31NO3. The number of ether oxygens (including phenoxy) is 2. The van der Waals surface area contributed by atoms with E-state index in [-0.39, 0.29) is 12.1 Å². The van der Waals surface area contributed by atoms with Crippen LogP contribution in [0.3, 0.4) is 0 Å². The Labute approximate surface area is 185 Å². The molecule has 2 unspecified atom stereocenters. The predicted octanol–water partition coefficient (Wildman–Crippen LogP) is 6.07. The lowest BCUT2D eigenvalue weighted by atomic mass is 9.83. The van der Waals surface area contributed by atoms with E-state index in [9.17, 15) is 5.11 Å². The summed E-state index contributed by atoms with van der Waals surface area (Å²) in [4.78, 5) is 2.33. The maximum absolute atomic E-state index is 10.7. The summed E-state index contributed by atoms with van der Waals surface area (Å²) < 4.78 is 11.2. The Hall–Kier alpha value is -3.14. The minimum Gasteiger partial charge on any atom is -0.506 e. The fourth-order valence-electron chi connectivity index (χ4n) is 4.65. The highest BCUT2D eigenvalue weighted by Crippen LogP contribution is 2.46. The molecule has 0 radical (unpaired) electrons. The van der Waals surface area contributed by atoms with Gasteiger partial charge in [0.15, 0.2) is 11.5 Å². The molecule has 0 saturated heterocycles. The van der Waals surface area contributed by atoms with Crippen LogP contribution in [0.5, 0.6) is 17.2 Å². The van der Waals surface area contributed by atoms with Crippen molar-refractivity contribution in [3.05, 3.63) is 82.9 Å². The summed E-state index contributed by atoms with van der Waals surface area (Å²) >= 11 is 0. The summed E-state index contributed by atoms with van der Waals surface area (Å²) in [6.07, 6.45) is 0.852. The highest BCUT2D eigenvalue weighted by Gasteiger charge is 2.35. The summed E-state index contributed by atoms with van der Waals surface area (Å²) in [6.45, 7) is 6.62. The molecule has 162 valence electrons. The highest BCUT2D eigenvalue weighted by atomic mass is 16.5. The molecule has 1 heterocycles. The Kier molecular flexibility index (Phi) is 5.81. The molecule has 1 N–H and O–H groups in total. The van der Waals surface area contributed by atoms with Crippen molar-refractivity contribution in [2.24, 2.45) is 0 Å². The number of nitrogens with zero attached hydrogens (tertiary/aromatic N) is 1. The van der Waals surface area contributed by atoms with Crippen molar-refractivity contribution in [1.82, 2.24) is 0 Å². The summed E-state index contributed by atoms with van der Waals surface area (Å²) in [5.74, 6) is 2.24. The number of phenolic OH excluding ortho intramolecular Hbond substituents is 1. The predicted molar refractivity (Wildman–Crippen MR) is 126 cm³/mol. The maximum Gasteiger partial charge on any atom is 0.161 e. The van der Waals surface area contributed by atoms with Gasteiger partial charge in [-0.1, -0.05) is 50.2 Å². The SMILES string of the molecule is COc1cc2c(cc1OC)C(c1ccc(C(C)C)cc1)N(c1ccccc1O)C(C)C2. The van der Waals surface area contributed by atoms with Crippen molar-refractivity contribution < 1.29 is 14.6 Å². The van der Waals surface area contributed by atoms with Crippen LogP contribution in [-0.4, -0.2) is 25.4 Å². The Balaban J connectivity index is 1.93. The van der Waals surface area contributed by atoms with E-state index in [4.69, 9.17) is 9.47 Å². The van der Waals surface area contributed by atoms with Gasteiger partial charge in [-0.2, -0.15) is 0 Å². The van der Waals surface area contributed by atoms with Crippen molar-refractivity contribution in [2.45, 2.75) is 45.2 Å². The summed E-state index contributed by atoms with van der Waals surface area (Å²) in [6, 6.07) is 20.8. The molecule has 1 aliphatic rings. The number of rotatable bonds is 5. The van der Waals surface area contributed by atoms with Gasteiger partial charge in [-0.3, -0.25) is 0 Å². The van der Waals surface area contributed by atoms with E-state index in [1.165, 1.54) is 22.3 Å². The topological polar surface area (TPSA) is 41.9 Å². The normalized spacial score (nSPS) is 18.1. The fourth-order valence-corrected chi connectivity index (χ4v) is 4.65. The highest BCUT2D eigenvalue weighted by molar-refractivity contribution is 5.65. The molecule has 0 aliphatic carbocycles. The lowest BCUT2D eigenvalue weighted by molar-refractivity contribution is 0.352. The van der Waals surface area contributed by atoms with Crippen molar-refractivity contribution in [2.75, 3.05) is 19.1 Å². The molecule has 3 aromatic carbocycles. The molecule has 4 rings (SSSR count). The van der Waals surface area contributed by atoms with Gasteiger partial charge in [0, 0.05) is 6.04 Å². The van der Waals surface area contributed by atoms with Crippen LogP contribution in [0.25, 0.3) is 0 Å². The number of fused-ring (bicyclic) bond motifs is 1. The Morgan fingerprint density at radius 1 is 0.935 bits per heavy atom. The fraction of sp³-hybridized carbons (Fsp3) is 0.333. The van der Waals surface area contributed by atoms with Crippen molar-refractivity contribution in [1.29, 1.82) is 0 Å². The molecule has 2 atom stereocenters. The Morgan fingerprint density at radius 2 is 1.58 bits per heavy atom. The van der Waals surface area contributed by atoms with Gasteiger partial charge in [-0.15, -0.1) is 0 Å². The van der Waals surface area contributed by atoms with Gasteiger partial charge in [0.25, 0.3) is 0 Å². The van der Waals surface area contributed by atoms with E-state index < -0.39 is 0 Å². The molecule has 0 saturated carbocycles. The second kappa shape index (κ2) is 8.54. The van der Waals surface area contributed by atoms with Crippen LogP contribution < -0.4 is 14.4 Å². The smallest absolute Gasteiger partial charge is 0.161 e. The van der Waals surface area contributed by atoms with Crippen LogP contribution in [0.15, 0.2) is 60.7 Å². The second-order valence-corrected chi connectivity index (χ2v) is 8.58. The summed E-state index contributed by atoms with van der Waals surface area (Å²) in [7, 11) is 3.34. The first-order valence-electron chi connectivity index (χ1n) is 10.9. The molecule has 0 fully saturated rings. The van der Waals surface area contributed by atoms with Gasteiger partial charge in [0.2, 0.25) is 0 Å². The van der Waals surface area contributed by atoms with E-state index >= 15 is 0 Å². The number of hydrogen-bond acceptors (Lipinski definition) is 4. The first kappa shape index (κ1) is 21.1. The maximum atomic E-state index is 10.7. The minimum absolute atomic E-state index is 0.0481. The van der Waals surface area contributed by atoms with E-state index in [0.717, 1.165) is 23.6 Å². The van der Waals surface area contributed by atoms with Gasteiger partial charge >= 0.3 is 0 Å². The largest absolute Gasteiger partial charge is 0.506 e. The van der Waals surface area contributed by atoms with Gasteiger partial charge < -0.3 is 19.5 Å². The number of methoxy groups -OCH3 is 2. The first-order valence-corrected chi connectivity index (χ1v) is 10.9. The molecule has 31 heavy (non-hydrogen) atoms. The van der Waals surface area contributed by atoms with E-state index in [1.807, 2.05) is 18.2 Å². The Bertz CT molecular complexity index is 1060. The molecule has 4 heteroatoms. The zero-order valence-electron chi connectivity index (χ0n) is 18.9. The molecule has 3 aromatic rings. The van der Waals surface area contributed by atoms with Crippen molar-refractivity contribution in [3.8, 4) is 17.2 Å².